The lowest BCUT2D eigenvalue weighted by Crippen LogP contribution is -2.63. The number of benzene rings is 2. The van der Waals surface area contributed by atoms with Crippen molar-refractivity contribution in [2.24, 2.45) is 0 Å². The van der Waals surface area contributed by atoms with Crippen molar-refractivity contribution in [2.45, 2.75) is 43.8 Å². The standard InChI is InChI=1S/C24H27FN2O5/c1-15-12-24(14-31-13-21(28)27-24)20(26-15)11-16-5-4-7-18(23(16)25)17-6-2-3-8-19(17)32-10-9-22(29)30/h2-8,15,20,26H,9-14H2,1H3,(H,27,28)(H,29,30)/t15-,20?,24?/m1/s1. The molecule has 2 aromatic carbocycles. The normalized spacial score (nSPS) is 25.0. The molecule has 2 aliphatic heterocycles. The number of halogens is 1. The Hall–Kier alpha value is -2.97. The molecule has 0 radical (unpaired) electrons. The quantitative estimate of drug-likeness (QED) is 0.610. The molecule has 2 aromatic rings. The number of nitrogens with one attached hydrogen (secondary N) is 2. The van der Waals surface area contributed by atoms with Gasteiger partial charge in [0.25, 0.3) is 0 Å². The van der Waals surface area contributed by atoms with Crippen LogP contribution in [-0.4, -0.2) is 54.4 Å². The van der Waals surface area contributed by atoms with Gasteiger partial charge in [0, 0.05) is 23.2 Å². The maximum atomic E-state index is 15.7. The number of rotatable bonds is 7. The first-order valence-electron chi connectivity index (χ1n) is 10.7. The summed E-state index contributed by atoms with van der Waals surface area (Å²) in [6.07, 6.45) is 0.957. The highest BCUT2D eigenvalue weighted by Gasteiger charge is 2.49. The van der Waals surface area contributed by atoms with Gasteiger partial charge in [-0.25, -0.2) is 4.39 Å². The largest absolute Gasteiger partial charge is 0.492 e. The van der Waals surface area contributed by atoms with E-state index in [2.05, 4.69) is 10.6 Å². The Kier molecular flexibility index (Phi) is 6.43. The lowest BCUT2D eigenvalue weighted by molar-refractivity contribution is -0.137. The number of hydrogen-bond acceptors (Lipinski definition) is 5. The Morgan fingerprint density at radius 2 is 2.03 bits per heavy atom. The van der Waals surface area contributed by atoms with E-state index in [4.69, 9.17) is 14.6 Å². The topological polar surface area (TPSA) is 96.9 Å². The number of carbonyl (C=O) groups excluding carboxylic acids is 1. The minimum absolute atomic E-state index is 0.000241. The van der Waals surface area contributed by atoms with Crippen LogP contribution in [0.15, 0.2) is 42.5 Å². The molecule has 32 heavy (non-hydrogen) atoms. The molecule has 1 spiro atoms. The minimum Gasteiger partial charge on any atom is -0.492 e. The Bertz CT molecular complexity index is 1010. The number of carbonyl (C=O) groups is 2. The number of carboxylic acid groups (broad SMARTS) is 1. The molecular formula is C24H27FN2O5. The van der Waals surface area contributed by atoms with Crippen LogP contribution in [0.4, 0.5) is 4.39 Å². The maximum Gasteiger partial charge on any atom is 0.306 e. The molecule has 2 fully saturated rings. The van der Waals surface area contributed by atoms with Crippen LogP contribution in [0.5, 0.6) is 5.75 Å². The van der Waals surface area contributed by atoms with E-state index < -0.39 is 11.5 Å². The zero-order valence-corrected chi connectivity index (χ0v) is 17.9. The molecule has 8 heteroatoms. The lowest BCUT2D eigenvalue weighted by atomic mass is 9.85. The van der Waals surface area contributed by atoms with Gasteiger partial charge in [0.05, 0.1) is 25.2 Å². The fourth-order valence-corrected chi connectivity index (χ4v) is 4.71. The molecule has 2 unspecified atom stereocenters. The molecule has 3 N–H and O–H groups in total. The monoisotopic (exact) mass is 442 g/mol. The Balaban J connectivity index is 1.60. The molecule has 7 nitrogen and oxygen atoms in total. The highest BCUT2D eigenvalue weighted by Crippen LogP contribution is 2.35. The summed E-state index contributed by atoms with van der Waals surface area (Å²) in [5.41, 5.74) is 0.912. The van der Waals surface area contributed by atoms with E-state index in [1.807, 2.05) is 6.92 Å². The van der Waals surface area contributed by atoms with Gasteiger partial charge in [0.15, 0.2) is 0 Å². The van der Waals surface area contributed by atoms with Crippen LogP contribution in [0.25, 0.3) is 11.1 Å². The van der Waals surface area contributed by atoms with Gasteiger partial charge in [-0.05, 0) is 31.4 Å². The Labute approximate surface area is 185 Å². The van der Waals surface area contributed by atoms with Crippen LogP contribution in [0.3, 0.4) is 0 Å². The molecule has 170 valence electrons. The van der Waals surface area contributed by atoms with Crippen LogP contribution >= 0.6 is 0 Å². The van der Waals surface area contributed by atoms with E-state index in [0.29, 0.717) is 41.9 Å². The van der Waals surface area contributed by atoms with Crippen LogP contribution in [-0.2, 0) is 20.7 Å². The van der Waals surface area contributed by atoms with Crippen molar-refractivity contribution < 1.29 is 28.6 Å². The van der Waals surface area contributed by atoms with Crippen LogP contribution in [0.2, 0.25) is 0 Å². The Morgan fingerprint density at radius 1 is 1.25 bits per heavy atom. The average Bonchev–Trinajstić information content (AvgIpc) is 3.03. The molecule has 0 aromatic heterocycles. The average molecular weight is 442 g/mol. The molecule has 0 bridgehead atoms. The number of ether oxygens (including phenoxy) is 2. The molecular weight excluding hydrogens is 415 g/mol. The second-order valence-electron chi connectivity index (χ2n) is 8.49. The minimum atomic E-state index is -0.957. The predicted molar refractivity (Wildman–Crippen MR) is 116 cm³/mol. The third-order valence-electron chi connectivity index (χ3n) is 6.06. The number of carboxylic acids is 1. The lowest BCUT2D eigenvalue weighted by Gasteiger charge is -2.39. The van der Waals surface area contributed by atoms with Crippen LogP contribution < -0.4 is 15.4 Å². The number of para-hydroxylation sites is 1. The summed E-state index contributed by atoms with van der Waals surface area (Å²) in [6.45, 7) is 2.48. The number of hydrogen-bond donors (Lipinski definition) is 3. The van der Waals surface area contributed by atoms with Gasteiger partial charge in [-0.2, -0.15) is 0 Å². The van der Waals surface area contributed by atoms with Crippen LogP contribution in [0.1, 0.15) is 25.3 Å². The van der Waals surface area contributed by atoms with E-state index >= 15 is 4.39 Å². The van der Waals surface area contributed by atoms with E-state index in [1.54, 1.807) is 42.5 Å². The highest BCUT2D eigenvalue weighted by molar-refractivity contribution is 5.79. The summed E-state index contributed by atoms with van der Waals surface area (Å²) < 4.78 is 26.8. The highest BCUT2D eigenvalue weighted by atomic mass is 19.1. The molecule has 0 saturated carbocycles. The van der Waals surface area contributed by atoms with Gasteiger partial charge in [-0.3, -0.25) is 9.59 Å². The number of morpholine rings is 1. The zero-order valence-electron chi connectivity index (χ0n) is 17.9. The summed E-state index contributed by atoms with van der Waals surface area (Å²) >= 11 is 0. The van der Waals surface area contributed by atoms with Gasteiger partial charge in [-0.15, -0.1) is 0 Å². The van der Waals surface area contributed by atoms with E-state index in [-0.39, 0.29) is 43.4 Å². The third-order valence-corrected chi connectivity index (χ3v) is 6.06. The van der Waals surface area contributed by atoms with Crippen molar-refractivity contribution in [1.29, 1.82) is 0 Å². The zero-order chi connectivity index (χ0) is 22.7. The fraction of sp³-hybridized carbons (Fsp3) is 0.417. The summed E-state index contributed by atoms with van der Waals surface area (Å²) in [7, 11) is 0. The summed E-state index contributed by atoms with van der Waals surface area (Å²) in [5, 5.41) is 15.4. The number of aliphatic carboxylic acids is 1. The van der Waals surface area contributed by atoms with Crippen LogP contribution in [0, 0.1) is 5.82 Å². The van der Waals surface area contributed by atoms with Crippen molar-refractivity contribution >= 4 is 11.9 Å². The first kappa shape index (κ1) is 22.2. The Morgan fingerprint density at radius 3 is 2.81 bits per heavy atom. The molecule has 0 aliphatic carbocycles. The molecule has 4 rings (SSSR count). The first-order valence-corrected chi connectivity index (χ1v) is 10.7. The second-order valence-corrected chi connectivity index (χ2v) is 8.49. The van der Waals surface area contributed by atoms with Gasteiger partial charge < -0.3 is 25.2 Å². The second kappa shape index (κ2) is 9.26. The van der Waals surface area contributed by atoms with Gasteiger partial charge >= 0.3 is 5.97 Å². The van der Waals surface area contributed by atoms with Gasteiger partial charge in [0.1, 0.15) is 18.2 Å². The molecule has 3 atom stereocenters. The van der Waals surface area contributed by atoms with E-state index in [1.165, 1.54) is 0 Å². The van der Waals surface area contributed by atoms with E-state index in [0.717, 1.165) is 0 Å². The predicted octanol–water partition coefficient (Wildman–Crippen LogP) is 2.52. The maximum absolute atomic E-state index is 15.7. The van der Waals surface area contributed by atoms with E-state index in [9.17, 15) is 9.59 Å². The van der Waals surface area contributed by atoms with Gasteiger partial charge in [-0.1, -0.05) is 36.4 Å². The summed E-state index contributed by atoms with van der Waals surface area (Å²) in [5.74, 6) is -1.04. The molecule has 2 aliphatic rings. The molecule has 2 saturated heterocycles. The number of amides is 1. The molecule has 1 amide bonds. The van der Waals surface area contributed by atoms with Crippen molar-refractivity contribution in [2.75, 3.05) is 19.8 Å². The van der Waals surface area contributed by atoms with Gasteiger partial charge in [0.2, 0.25) is 5.91 Å². The fourth-order valence-electron chi connectivity index (χ4n) is 4.71. The SMILES string of the molecule is C[C@@H]1CC2(COCC(=O)N2)C(Cc2cccc(-c3ccccc3OCCC(=O)O)c2F)N1. The van der Waals surface area contributed by atoms with Crippen molar-refractivity contribution in [3.8, 4) is 16.9 Å². The smallest absolute Gasteiger partial charge is 0.306 e. The first-order chi connectivity index (χ1) is 15.4. The van der Waals surface area contributed by atoms with Crippen molar-refractivity contribution in [1.82, 2.24) is 10.6 Å². The summed E-state index contributed by atoms with van der Waals surface area (Å²) in [6, 6.07) is 12.2. The van der Waals surface area contributed by atoms with Crippen molar-refractivity contribution in [3.05, 3.63) is 53.8 Å². The molecule has 2 heterocycles. The van der Waals surface area contributed by atoms with Crippen molar-refractivity contribution in [3.63, 3.8) is 0 Å². The third kappa shape index (κ3) is 4.61. The summed E-state index contributed by atoms with van der Waals surface area (Å²) in [4.78, 5) is 22.8.